The summed E-state index contributed by atoms with van der Waals surface area (Å²) < 4.78 is 5.18. The highest BCUT2D eigenvalue weighted by atomic mass is 16.6. The second-order valence-corrected chi connectivity index (χ2v) is 4.87. The molecule has 0 aromatic rings. The maximum atomic E-state index is 11.7. The van der Waals surface area contributed by atoms with E-state index in [9.17, 15) is 9.59 Å². The van der Waals surface area contributed by atoms with Crippen molar-refractivity contribution >= 4 is 11.9 Å². The fraction of sp³-hybridized carbons (Fsp3) is 0.667. The average molecular weight is 225 g/mol. The van der Waals surface area contributed by atoms with Crippen molar-refractivity contribution in [1.82, 2.24) is 5.32 Å². The quantitative estimate of drug-likeness (QED) is 0.578. The molecule has 0 fully saturated rings. The number of hydrogen-bond donors (Lipinski definition) is 1. The van der Waals surface area contributed by atoms with Crippen LogP contribution in [0.1, 0.15) is 34.6 Å². The van der Waals surface area contributed by atoms with Gasteiger partial charge in [-0.15, -0.1) is 6.42 Å². The van der Waals surface area contributed by atoms with Crippen LogP contribution in [-0.2, 0) is 14.3 Å². The van der Waals surface area contributed by atoms with Gasteiger partial charge in [0.25, 0.3) is 5.91 Å². The fourth-order valence-electron chi connectivity index (χ4n) is 1.05. The zero-order valence-electron chi connectivity index (χ0n) is 10.5. The molecule has 0 radical (unpaired) electrons. The van der Waals surface area contributed by atoms with Gasteiger partial charge >= 0.3 is 5.97 Å². The number of ether oxygens (including phenoxy) is 1. The Morgan fingerprint density at radius 3 is 2.12 bits per heavy atom. The predicted octanol–water partition coefficient (Wildman–Crippen LogP) is 1.10. The Hall–Kier alpha value is -1.50. The Morgan fingerprint density at radius 1 is 1.31 bits per heavy atom. The molecule has 0 unspecified atom stereocenters. The van der Waals surface area contributed by atoms with Gasteiger partial charge in [0, 0.05) is 0 Å². The Balaban J connectivity index is 4.62. The maximum Gasteiger partial charge on any atom is 0.329 e. The van der Waals surface area contributed by atoms with Crippen LogP contribution in [0.5, 0.6) is 0 Å². The molecule has 1 N–H and O–H groups in total. The summed E-state index contributed by atoms with van der Waals surface area (Å²) in [6.45, 7) is 8.93. The van der Waals surface area contributed by atoms with Crippen molar-refractivity contribution in [3.8, 4) is 12.3 Å². The van der Waals surface area contributed by atoms with Gasteiger partial charge in [0.15, 0.2) is 0 Å². The summed E-state index contributed by atoms with van der Waals surface area (Å²) >= 11 is 0. The third kappa shape index (κ3) is 5.40. The van der Waals surface area contributed by atoms with E-state index in [-0.39, 0.29) is 5.92 Å². The predicted molar refractivity (Wildman–Crippen MR) is 61.4 cm³/mol. The molecule has 0 heterocycles. The van der Waals surface area contributed by atoms with E-state index in [0.29, 0.717) is 0 Å². The van der Waals surface area contributed by atoms with E-state index < -0.39 is 23.5 Å². The first-order chi connectivity index (χ1) is 7.17. The van der Waals surface area contributed by atoms with Crippen LogP contribution in [0, 0.1) is 18.3 Å². The second kappa shape index (κ2) is 5.55. The lowest BCUT2D eigenvalue weighted by molar-refractivity contribution is -0.159. The Labute approximate surface area is 96.7 Å². The van der Waals surface area contributed by atoms with Gasteiger partial charge < -0.3 is 10.1 Å². The topological polar surface area (TPSA) is 55.4 Å². The standard InChI is InChI=1S/C12H19NO3/c1-7-9(14)13-10(8(2)3)11(15)16-12(4,5)6/h1,8,10H,2-6H3,(H,13,14)/t10-/m1/s1. The minimum atomic E-state index is -0.706. The SMILES string of the molecule is C#CC(=O)N[C@@H](C(=O)OC(C)(C)C)C(C)C. The zero-order chi connectivity index (χ0) is 12.9. The lowest BCUT2D eigenvalue weighted by Gasteiger charge is -2.25. The molecule has 16 heavy (non-hydrogen) atoms. The van der Waals surface area contributed by atoms with E-state index >= 15 is 0 Å². The highest BCUT2D eigenvalue weighted by Gasteiger charge is 2.28. The fourth-order valence-corrected chi connectivity index (χ4v) is 1.05. The molecule has 0 aliphatic heterocycles. The van der Waals surface area contributed by atoms with Gasteiger partial charge in [-0.25, -0.2) is 4.79 Å². The van der Waals surface area contributed by atoms with Crippen LogP contribution in [0.25, 0.3) is 0 Å². The van der Waals surface area contributed by atoms with Crippen molar-refractivity contribution in [2.45, 2.75) is 46.3 Å². The molecule has 4 nitrogen and oxygen atoms in total. The highest BCUT2D eigenvalue weighted by molar-refractivity contribution is 5.95. The zero-order valence-corrected chi connectivity index (χ0v) is 10.5. The molecule has 0 bridgehead atoms. The van der Waals surface area contributed by atoms with E-state index in [2.05, 4.69) is 5.32 Å². The van der Waals surface area contributed by atoms with Gasteiger partial charge in [0.2, 0.25) is 0 Å². The van der Waals surface area contributed by atoms with E-state index in [0.717, 1.165) is 0 Å². The first kappa shape index (κ1) is 14.5. The minimum Gasteiger partial charge on any atom is -0.458 e. The highest BCUT2D eigenvalue weighted by Crippen LogP contribution is 2.12. The van der Waals surface area contributed by atoms with Gasteiger partial charge in [-0.2, -0.15) is 0 Å². The lowest BCUT2D eigenvalue weighted by atomic mass is 10.0. The number of esters is 1. The van der Waals surface area contributed by atoms with Gasteiger partial charge in [-0.1, -0.05) is 13.8 Å². The van der Waals surface area contributed by atoms with Crippen LogP contribution in [0.3, 0.4) is 0 Å². The van der Waals surface area contributed by atoms with Crippen molar-refractivity contribution in [2.75, 3.05) is 0 Å². The molecule has 0 aromatic carbocycles. The van der Waals surface area contributed by atoms with Crippen molar-refractivity contribution < 1.29 is 14.3 Å². The summed E-state index contributed by atoms with van der Waals surface area (Å²) in [6.07, 6.45) is 4.93. The molecular weight excluding hydrogens is 206 g/mol. The number of carbonyl (C=O) groups excluding carboxylic acids is 2. The third-order valence-electron chi connectivity index (χ3n) is 1.75. The summed E-state index contributed by atoms with van der Waals surface area (Å²) in [5.74, 6) is 0.760. The number of hydrogen-bond acceptors (Lipinski definition) is 3. The smallest absolute Gasteiger partial charge is 0.329 e. The molecule has 1 atom stereocenters. The number of rotatable bonds is 3. The molecule has 0 aliphatic rings. The Morgan fingerprint density at radius 2 is 1.81 bits per heavy atom. The van der Waals surface area contributed by atoms with Gasteiger partial charge in [-0.3, -0.25) is 4.79 Å². The number of carbonyl (C=O) groups is 2. The summed E-state index contributed by atoms with van der Waals surface area (Å²) in [7, 11) is 0. The average Bonchev–Trinajstić information content (AvgIpc) is 2.09. The van der Waals surface area contributed by atoms with E-state index in [1.165, 1.54) is 0 Å². The number of nitrogens with one attached hydrogen (secondary N) is 1. The van der Waals surface area contributed by atoms with Crippen LogP contribution >= 0.6 is 0 Å². The largest absolute Gasteiger partial charge is 0.458 e. The molecular formula is C12H19NO3. The van der Waals surface area contributed by atoms with Crippen molar-refractivity contribution in [1.29, 1.82) is 0 Å². The molecule has 4 heteroatoms. The van der Waals surface area contributed by atoms with Crippen LogP contribution in [0.4, 0.5) is 0 Å². The van der Waals surface area contributed by atoms with Crippen LogP contribution < -0.4 is 5.32 Å². The molecule has 0 saturated heterocycles. The monoisotopic (exact) mass is 225 g/mol. The molecule has 0 saturated carbocycles. The van der Waals surface area contributed by atoms with Crippen LogP contribution in [0.15, 0.2) is 0 Å². The first-order valence-corrected chi connectivity index (χ1v) is 5.17. The summed E-state index contributed by atoms with van der Waals surface area (Å²) in [5, 5.41) is 2.44. The Bertz CT molecular complexity index is 307. The molecule has 0 spiro atoms. The lowest BCUT2D eigenvalue weighted by Crippen LogP contribution is -2.46. The van der Waals surface area contributed by atoms with Crippen molar-refractivity contribution in [3.63, 3.8) is 0 Å². The van der Waals surface area contributed by atoms with E-state index in [1.807, 2.05) is 19.8 Å². The number of terminal acetylenes is 1. The molecule has 0 aromatic heterocycles. The van der Waals surface area contributed by atoms with Crippen LogP contribution in [0.2, 0.25) is 0 Å². The third-order valence-corrected chi connectivity index (χ3v) is 1.75. The maximum absolute atomic E-state index is 11.7. The van der Waals surface area contributed by atoms with Crippen LogP contribution in [-0.4, -0.2) is 23.5 Å². The normalized spacial score (nSPS) is 12.8. The molecule has 90 valence electrons. The van der Waals surface area contributed by atoms with Crippen molar-refractivity contribution in [3.05, 3.63) is 0 Å². The second-order valence-electron chi connectivity index (χ2n) is 4.87. The van der Waals surface area contributed by atoms with Gasteiger partial charge in [0.05, 0.1) is 0 Å². The van der Waals surface area contributed by atoms with E-state index in [1.54, 1.807) is 20.8 Å². The molecule has 0 rings (SSSR count). The van der Waals surface area contributed by atoms with Gasteiger partial charge in [0.1, 0.15) is 11.6 Å². The summed E-state index contributed by atoms with van der Waals surface area (Å²) in [5.41, 5.74) is -0.578. The minimum absolute atomic E-state index is 0.0767. The number of amides is 1. The summed E-state index contributed by atoms with van der Waals surface area (Å²) in [6, 6.07) is -0.706. The molecule has 1 amide bonds. The molecule has 0 aliphatic carbocycles. The van der Waals surface area contributed by atoms with Gasteiger partial charge in [-0.05, 0) is 32.6 Å². The van der Waals surface area contributed by atoms with Crippen molar-refractivity contribution in [2.24, 2.45) is 5.92 Å². The summed E-state index contributed by atoms with van der Waals surface area (Å²) in [4.78, 5) is 22.8. The Kier molecular flexibility index (Phi) is 5.03. The first-order valence-electron chi connectivity index (χ1n) is 5.17. The van der Waals surface area contributed by atoms with E-state index in [4.69, 9.17) is 11.2 Å².